The zero-order valence-electron chi connectivity index (χ0n) is 13.4. The van der Waals surface area contributed by atoms with Crippen LogP contribution in [0.2, 0.25) is 0 Å². The van der Waals surface area contributed by atoms with Gasteiger partial charge in [0.05, 0.1) is 12.6 Å². The van der Waals surface area contributed by atoms with Crippen LogP contribution >= 0.6 is 0 Å². The van der Waals surface area contributed by atoms with Crippen molar-refractivity contribution in [2.75, 3.05) is 6.54 Å². The van der Waals surface area contributed by atoms with E-state index in [-0.39, 0.29) is 12.2 Å². The molecule has 0 aliphatic rings. The van der Waals surface area contributed by atoms with Crippen molar-refractivity contribution in [3.63, 3.8) is 0 Å². The highest BCUT2D eigenvalue weighted by molar-refractivity contribution is 5.74. The predicted molar refractivity (Wildman–Crippen MR) is 87.4 cm³/mol. The number of rotatable bonds is 6. The number of carbonyl (C=O) groups is 1. The summed E-state index contributed by atoms with van der Waals surface area (Å²) in [6.45, 7) is 2.05. The lowest BCUT2D eigenvalue weighted by molar-refractivity contribution is 0.238. The quantitative estimate of drug-likeness (QED) is 0.760. The first-order chi connectivity index (χ1) is 11.5. The van der Waals surface area contributed by atoms with E-state index in [2.05, 4.69) is 10.6 Å². The van der Waals surface area contributed by atoms with Crippen LogP contribution in [0.5, 0.6) is 0 Å². The molecular formula is C18H20F2N2O2. The monoisotopic (exact) mass is 334 g/mol. The van der Waals surface area contributed by atoms with Gasteiger partial charge >= 0.3 is 6.03 Å². The minimum atomic E-state index is -0.688. The van der Waals surface area contributed by atoms with E-state index in [9.17, 15) is 13.6 Å². The highest BCUT2D eigenvalue weighted by Gasteiger charge is 2.13. The van der Waals surface area contributed by atoms with Crippen molar-refractivity contribution in [1.82, 2.24) is 10.6 Å². The topological polar surface area (TPSA) is 61.4 Å². The lowest BCUT2D eigenvalue weighted by Crippen LogP contribution is -2.38. The number of carbonyl (C=O) groups excluding carboxylic acids is 1. The Morgan fingerprint density at radius 3 is 2.42 bits per heavy atom. The van der Waals surface area contributed by atoms with Crippen molar-refractivity contribution < 1.29 is 18.7 Å². The first kappa shape index (κ1) is 17.9. The Balaban J connectivity index is 1.79. The number of nitrogens with one attached hydrogen (secondary N) is 2. The van der Waals surface area contributed by atoms with Gasteiger partial charge in [0.2, 0.25) is 0 Å². The van der Waals surface area contributed by atoms with Gasteiger partial charge < -0.3 is 15.7 Å². The Kier molecular flexibility index (Phi) is 6.26. The molecule has 1 unspecified atom stereocenters. The number of amides is 2. The van der Waals surface area contributed by atoms with Crippen molar-refractivity contribution in [3.8, 4) is 0 Å². The normalized spacial score (nSPS) is 11.8. The SMILES string of the molecule is CC(NC(=O)NCCc1ccc(CO)cc1)c1ccc(F)cc1F. The lowest BCUT2D eigenvalue weighted by atomic mass is 10.1. The second-order valence-corrected chi connectivity index (χ2v) is 5.51. The number of hydrogen-bond acceptors (Lipinski definition) is 2. The Morgan fingerprint density at radius 2 is 1.79 bits per heavy atom. The molecule has 2 amide bonds. The predicted octanol–water partition coefficient (Wildman–Crippen LogP) is 3.06. The lowest BCUT2D eigenvalue weighted by Gasteiger charge is -2.16. The van der Waals surface area contributed by atoms with Gasteiger partial charge in [0.15, 0.2) is 0 Å². The molecule has 0 aliphatic heterocycles. The maximum Gasteiger partial charge on any atom is 0.315 e. The van der Waals surface area contributed by atoms with Gasteiger partial charge in [-0.1, -0.05) is 30.3 Å². The first-order valence-corrected chi connectivity index (χ1v) is 7.67. The summed E-state index contributed by atoms with van der Waals surface area (Å²) in [6.07, 6.45) is 0.637. The molecule has 0 bridgehead atoms. The van der Waals surface area contributed by atoms with Crippen LogP contribution in [0.15, 0.2) is 42.5 Å². The molecule has 2 aromatic carbocycles. The van der Waals surface area contributed by atoms with Crippen molar-refractivity contribution in [1.29, 1.82) is 0 Å². The summed E-state index contributed by atoms with van der Waals surface area (Å²) in [4.78, 5) is 11.8. The van der Waals surface area contributed by atoms with Crippen molar-refractivity contribution >= 4 is 6.03 Å². The van der Waals surface area contributed by atoms with E-state index in [0.29, 0.717) is 13.0 Å². The fourth-order valence-electron chi connectivity index (χ4n) is 2.31. The van der Waals surface area contributed by atoms with E-state index < -0.39 is 23.7 Å². The minimum Gasteiger partial charge on any atom is -0.392 e. The molecule has 2 rings (SSSR count). The maximum atomic E-state index is 13.7. The van der Waals surface area contributed by atoms with E-state index in [1.54, 1.807) is 6.92 Å². The molecule has 0 aromatic heterocycles. The molecule has 0 fully saturated rings. The number of aliphatic hydroxyl groups is 1. The van der Waals surface area contributed by atoms with Crippen LogP contribution in [0.3, 0.4) is 0 Å². The van der Waals surface area contributed by atoms with Crippen molar-refractivity contribution in [3.05, 3.63) is 70.8 Å². The molecule has 0 spiro atoms. The van der Waals surface area contributed by atoms with Crippen molar-refractivity contribution in [2.24, 2.45) is 0 Å². The van der Waals surface area contributed by atoms with E-state index in [0.717, 1.165) is 23.3 Å². The molecule has 0 saturated carbocycles. The van der Waals surface area contributed by atoms with Gasteiger partial charge in [0.25, 0.3) is 0 Å². The Morgan fingerprint density at radius 1 is 1.12 bits per heavy atom. The number of halogens is 2. The van der Waals surface area contributed by atoms with Gasteiger partial charge in [-0.15, -0.1) is 0 Å². The number of benzene rings is 2. The van der Waals surface area contributed by atoms with Crippen LogP contribution in [-0.2, 0) is 13.0 Å². The molecule has 6 heteroatoms. The van der Waals surface area contributed by atoms with E-state index in [1.807, 2.05) is 24.3 Å². The van der Waals surface area contributed by atoms with Gasteiger partial charge in [-0.25, -0.2) is 13.6 Å². The molecule has 0 radical (unpaired) electrons. The van der Waals surface area contributed by atoms with Crippen LogP contribution < -0.4 is 10.6 Å². The van der Waals surface area contributed by atoms with Gasteiger partial charge in [-0.05, 0) is 30.5 Å². The second kappa shape index (κ2) is 8.40. The maximum absolute atomic E-state index is 13.7. The molecule has 3 N–H and O–H groups in total. The van der Waals surface area contributed by atoms with Crippen LogP contribution in [0.25, 0.3) is 0 Å². The standard InChI is InChI=1S/C18H20F2N2O2/c1-12(16-7-6-15(19)10-17(16)20)22-18(24)21-9-8-13-2-4-14(11-23)5-3-13/h2-7,10,12,23H,8-9,11H2,1H3,(H2,21,22,24). The minimum absolute atomic E-state index is 0.00122. The third kappa shape index (κ3) is 5.03. The fourth-order valence-corrected chi connectivity index (χ4v) is 2.31. The van der Waals surface area contributed by atoms with Crippen LogP contribution in [0.1, 0.15) is 29.7 Å². The summed E-state index contributed by atoms with van der Waals surface area (Å²) in [5.41, 5.74) is 2.09. The first-order valence-electron chi connectivity index (χ1n) is 7.67. The van der Waals surface area contributed by atoms with Crippen LogP contribution in [-0.4, -0.2) is 17.7 Å². The summed E-state index contributed by atoms with van der Waals surface area (Å²) < 4.78 is 26.6. The molecule has 0 aliphatic carbocycles. The summed E-state index contributed by atoms with van der Waals surface area (Å²) in [5, 5.41) is 14.3. The van der Waals surface area contributed by atoms with E-state index in [1.165, 1.54) is 6.07 Å². The molecule has 0 heterocycles. The van der Waals surface area contributed by atoms with Crippen LogP contribution in [0, 0.1) is 11.6 Å². The molecule has 4 nitrogen and oxygen atoms in total. The Labute approximate surface area is 139 Å². The molecule has 24 heavy (non-hydrogen) atoms. The molecule has 2 aromatic rings. The second-order valence-electron chi connectivity index (χ2n) is 5.51. The molecule has 1 atom stereocenters. The number of hydrogen-bond donors (Lipinski definition) is 3. The van der Waals surface area contributed by atoms with Crippen LogP contribution in [0.4, 0.5) is 13.6 Å². The largest absolute Gasteiger partial charge is 0.392 e. The zero-order chi connectivity index (χ0) is 17.5. The van der Waals surface area contributed by atoms with Gasteiger partial charge in [0, 0.05) is 18.2 Å². The van der Waals surface area contributed by atoms with Gasteiger partial charge in [-0.2, -0.15) is 0 Å². The van der Waals surface area contributed by atoms with Crippen molar-refractivity contribution in [2.45, 2.75) is 26.0 Å². The summed E-state index contributed by atoms with van der Waals surface area (Å²) >= 11 is 0. The number of urea groups is 1. The third-order valence-corrected chi connectivity index (χ3v) is 3.68. The fraction of sp³-hybridized carbons (Fsp3) is 0.278. The van der Waals surface area contributed by atoms with E-state index >= 15 is 0 Å². The summed E-state index contributed by atoms with van der Waals surface area (Å²) in [6, 6.07) is 9.71. The average Bonchev–Trinajstić information content (AvgIpc) is 2.55. The summed E-state index contributed by atoms with van der Waals surface area (Å²) in [7, 11) is 0. The highest BCUT2D eigenvalue weighted by atomic mass is 19.1. The molecule has 0 saturated heterocycles. The number of aliphatic hydroxyl groups excluding tert-OH is 1. The van der Waals surface area contributed by atoms with E-state index in [4.69, 9.17) is 5.11 Å². The molecular weight excluding hydrogens is 314 g/mol. The Hall–Kier alpha value is -2.47. The highest BCUT2D eigenvalue weighted by Crippen LogP contribution is 2.17. The summed E-state index contributed by atoms with van der Waals surface area (Å²) in [5.74, 6) is -1.34. The Bertz CT molecular complexity index is 690. The van der Waals surface area contributed by atoms with Gasteiger partial charge in [0.1, 0.15) is 11.6 Å². The smallest absolute Gasteiger partial charge is 0.315 e. The molecule has 128 valence electrons. The van der Waals surface area contributed by atoms with Gasteiger partial charge in [-0.3, -0.25) is 0 Å². The third-order valence-electron chi connectivity index (χ3n) is 3.68. The zero-order valence-corrected chi connectivity index (χ0v) is 13.4. The average molecular weight is 334 g/mol.